The van der Waals surface area contributed by atoms with Crippen LogP contribution in [0.3, 0.4) is 0 Å². The van der Waals surface area contributed by atoms with E-state index in [1.54, 1.807) is 16.3 Å². The minimum Gasteiger partial charge on any atom is -0.398 e. The molecule has 2 aromatic heterocycles. The van der Waals surface area contributed by atoms with Gasteiger partial charge in [-0.15, -0.1) is 0 Å². The lowest BCUT2D eigenvalue weighted by molar-refractivity contribution is 0.802. The first-order valence-electron chi connectivity index (χ1n) is 6.50. The molecule has 0 bridgehead atoms. The topological polar surface area (TPSA) is 69.1 Å². The zero-order valence-corrected chi connectivity index (χ0v) is 12.0. The third kappa shape index (κ3) is 2.46. The van der Waals surface area contributed by atoms with Crippen molar-refractivity contribution in [3.8, 4) is 0 Å². The summed E-state index contributed by atoms with van der Waals surface area (Å²) in [6, 6.07) is 9.87. The van der Waals surface area contributed by atoms with E-state index < -0.39 is 0 Å². The van der Waals surface area contributed by atoms with Gasteiger partial charge < -0.3 is 5.73 Å². The maximum atomic E-state index is 6.00. The molecule has 5 nitrogen and oxygen atoms in total. The average molecular weight is 285 g/mol. The Morgan fingerprint density at radius 3 is 2.95 bits per heavy atom. The molecule has 0 atom stereocenters. The van der Waals surface area contributed by atoms with Crippen LogP contribution in [-0.2, 0) is 6.42 Å². The highest BCUT2D eigenvalue weighted by Gasteiger charge is 2.10. The number of aromatic nitrogens is 4. The molecule has 0 unspecified atom stereocenters. The van der Waals surface area contributed by atoms with Gasteiger partial charge in [-0.05, 0) is 24.6 Å². The second-order valence-electron chi connectivity index (χ2n) is 4.45. The second kappa shape index (κ2) is 5.50. The summed E-state index contributed by atoms with van der Waals surface area (Å²) in [6.45, 7) is 2.14. The van der Waals surface area contributed by atoms with Gasteiger partial charge in [-0.25, -0.2) is 4.98 Å². The Bertz CT molecular complexity index is 737. The van der Waals surface area contributed by atoms with E-state index in [0.29, 0.717) is 5.78 Å². The highest BCUT2D eigenvalue weighted by Crippen LogP contribution is 2.31. The normalized spacial score (nSPS) is 11.1. The molecule has 0 aliphatic carbocycles. The summed E-state index contributed by atoms with van der Waals surface area (Å²) in [6.07, 6.45) is 3.51. The van der Waals surface area contributed by atoms with E-state index in [0.717, 1.165) is 34.1 Å². The summed E-state index contributed by atoms with van der Waals surface area (Å²) in [5.74, 6) is 0.632. The fourth-order valence-corrected chi connectivity index (χ4v) is 2.94. The number of nitrogens with two attached hydrogens (primary N) is 1. The van der Waals surface area contributed by atoms with Crippen molar-refractivity contribution >= 4 is 23.2 Å². The largest absolute Gasteiger partial charge is 0.398 e. The highest BCUT2D eigenvalue weighted by molar-refractivity contribution is 7.99. The molecule has 0 fully saturated rings. The molecular weight excluding hydrogens is 270 g/mol. The monoisotopic (exact) mass is 285 g/mol. The van der Waals surface area contributed by atoms with Crippen molar-refractivity contribution in [3.63, 3.8) is 0 Å². The molecule has 1 aromatic carbocycles. The minimum atomic E-state index is 0.632. The number of benzene rings is 1. The minimum absolute atomic E-state index is 0.632. The van der Waals surface area contributed by atoms with Crippen LogP contribution in [0.25, 0.3) is 5.78 Å². The predicted octanol–water partition coefficient (Wildman–Crippen LogP) is 2.81. The van der Waals surface area contributed by atoms with Gasteiger partial charge in [0.1, 0.15) is 11.4 Å². The maximum absolute atomic E-state index is 6.00. The number of fused-ring (bicyclic) bond motifs is 1. The molecule has 0 aliphatic rings. The Morgan fingerprint density at radius 1 is 1.30 bits per heavy atom. The van der Waals surface area contributed by atoms with E-state index in [-0.39, 0.29) is 0 Å². The standard InChI is InChI=1S/C14H15N5S/c1-2-5-10-8-13(19-14(18-10)16-9-17-19)20-12-7-4-3-6-11(12)15/h3-4,6-9H,2,5,15H2,1H3. The van der Waals surface area contributed by atoms with Crippen molar-refractivity contribution in [1.29, 1.82) is 0 Å². The van der Waals surface area contributed by atoms with Gasteiger partial charge in [0.2, 0.25) is 0 Å². The van der Waals surface area contributed by atoms with Crippen LogP contribution in [0.1, 0.15) is 19.0 Å². The molecule has 0 spiro atoms. The van der Waals surface area contributed by atoms with Crippen molar-refractivity contribution in [2.24, 2.45) is 0 Å². The van der Waals surface area contributed by atoms with Gasteiger partial charge in [-0.2, -0.15) is 14.6 Å². The van der Waals surface area contributed by atoms with Gasteiger partial charge in [0, 0.05) is 16.3 Å². The van der Waals surface area contributed by atoms with Gasteiger partial charge in [-0.1, -0.05) is 37.2 Å². The SMILES string of the molecule is CCCc1cc(Sc2ccccc2N)n2ncnc2n1. The lowest BCUT2D eigenvalue weighted by Crippen LogP contribution is -2.00. The first-order valence-corrected chi connectivity index (χ1v) is 7.31. The van der Waals surface area contributed by atoms with Crippen LogP contribution in [0.15, 0.2) is 46.6 Å². The molecule has 20 heavy (non-hydrogen) atoms. The van der Waals surface area contributed by atoms with Gasteiger partial charge in [-0.3, -0.25) is 0 Å². The van der Waals surface area contributed by atoms with Crippen LogP contribution in [0.5, 0.6) is 0 Å². The second-order valence-corrected chi connectivity index (χ2v) is 5.51. The van der Waals surface area contributed by atoms with Crippen LogP contribution < -0.4 is 5.73 Å². The molecule has 3 aromatic rings. The van der Waals surface area contributed by atoms with Crippen LogP contribution >= 0.6 is 11.8 Å². The fraction of sp³-hybridized carbons (Fsp3) is 0.214. The Hall–Kier alpha value is -2.08. The van der Waals surface area contributed by atoms with Crippen LogP contribution in [0.4, 0.5) is 5.69 Å². The molecule has 2 heterocycles. The molecule has 0 saturated carbocycles. The van der Waals surface area contributed by atoms with Crippen molar-refractivity contribution < 1.29 is 0 Å². The lowest BCUT2D eigenvalue weighted by Gasteiger charge is -2.08. The Labute approximate surface area is 121 Å². The molecule has 3 rings (SSSR count). The van der Waals surface area contributed by atoms with E-state index in [9.17, 15) is 0 Å². The summed E-state index contributed by atoms with van der Waals surface area (Å²) in [5.41, 5.74) is 7.80. The maximum Gasteiger partial charge on any atom is 0.253 e. The smallest absolute Gasteiger partial charge is 0.253 e. The first kappa shape index (κ1) is 12.9. The van der Waals surface area contributed by atoms with E-state index >= 15 is 0 Å². The van der Waals surface area contributed by atoms with Crippen molar-refractivity contribution in [2.45, 2.75) is 29.7 Å². The van der Waals surface area contributed by atoms with Crippen LogP contribution in [-0.4, -0.2) is 19.6 Å². The number of nitrogens with zero attached hydrogens (tertiary/aromatic N) is 4. The van der Waals surface area contributed by atoms with Gasteiger partial charge >= 0.3 is 0 Å². The number of rotatable bonds is 4. The molecular formula is C14H15N5S. The van der Waals surface area contributed by atoms with E-state index in [2.05, 4.69) is 28.1 Å². The van der Waals surface area contributed by atoms with Gasteiger partial charge in [0.15, 0.2) is 0 Å². The van der Waals surface area contributed by atoms with E-state index in [4.69, 9.17) is 5.73 Å². The highest BCUT2D eigenvalue weighted by atomic mass is 32.2. The third-order valence-electron chi connectivity index (χ3n) is 2.91. The Balaban J connectivity index is 2.05. The molecule has 102 valence electrons. The first-order chi connectivity index (χ1) is 9.78. The number of hydrogen-bond donors (Lipinski definition) is 1. The number of para-hydroxylation sites is 1. The molecule has 2 N–H and O–H groups in total. The zero-order valence-electron chi connectivity index (χ0n) is 11.2. The zero-order chi connectivity index (χ0) is 13.9. The summed E-state index contributed by atoms with van der Waals surface area (Å²) < 4.78 is 1.75. The van der Waals surface area contributed by atoms with E-state index in [1.165, 1.54) is 6.33 Å². The third-order valence-corrected chi connectivity index (χ3v) is 4.00. The average Bonchev–Trinajstić information content (AvgIpc) is 2.90. The van der Waals surface area contributed by atoms with Crippen molar-refractivity contribution in [2.75, 3.05) is 5.73 Å². The molecule has 0 radical (unpaired) electrons. The van der Waals surface area contributed by atoms with Crippen LogP contribution in [0, 0.1) is 0 Å². The summed E-state index contributed by atoms with van der Waals surface area (Å²) >= 11 is 1.58. The molecule has 0 aliphatic heterocycles. The summed E-state index contributed by atoms with van der Waals surface area (Å²) in [5, 5.41) is 5.21. The summed E-state index contributed by atoms with van der Waals surface area (Å²) in [7, 11) is 0. The Kier molecular flexibility index (Phi) is 3.56. The van der Waals surface area contributed by atoms with Crippen LogP contribution in [0.2, 0.25) is 0 Å². The molecule has 0 amide bonds. The molecule has 0 saturated heterocycles. The van der Waals surface area contributed by atoms with Crippen molar-refractivity contribution in [1.82, 2.24) is 19.6 Å². The Morgan fingerprint density at radius 2 is 2.15 bits per heavy atom. The fourth-order valence-electron chi connectivity index (χ4n) is 1.97. The number of aryl methyl sites for hydroxylation is 1. The number of nitrogen functional groups attached to an aromatic ring is 1. The quantitative estimate of drug-likeness (QED) is 0.589. The number of hydrogen-bond acceptors (Lipinski definition) is 5. The number of anilines is 1. The predicted molar refractivity (Wildman–Crippen MR) is 79.8 cm³/mol. The van der Waals surface area contributed by atoms with Gasteiger partial charge in [0.25, 0.3) is 5.78 Å². The van der Waals surface area contributed by atoms with Crippen molar-refractivity contribution in [3.05, 3.63) is 42.4 Å². The van der Waals surface area contributed by atoms with E-state index in [1.807, 2.05) is 24.3 Å². The summed E-state index contributed by atoms with van der Waals surface area (Å²) in [4.78, 5) is 9.69. The molecule has 6 heteroatoms. The lowest BCUT2D eigenvalue weighted by atomic mass is 10.2. The van der Waals surface area contributed by atoms with Gasteiger partial charge in [0.05, 0.1) is 0 Å².